The standard InChI is InChI=1S/C44H82O10/c1-3-5-7-9-11-13-15-17-19-21-23-25-27-29-31-33-40(47)53-37(36-52-44-43(50)42(49)41(48)38(34-45)54-44)35-51-39(46)32-30-28-26-24-22-20-18-16-14-12-10-8-6-4-2/h21,23,37-38,41-45,48-50H,3-20,22,24-36H2,1-2H3/b23-21+/t37-,38-,41+,42?,43?,44-/m0/s1. The third kappa shape index (κ3) is 27.1. The van der Waals surface area contributed by atoms with Gasteiger partial charge in [-0.05, 0) is 38.5 Å². The maximum atomic E-state index is 12.7. The number of carbonyl (C=O) groups is 2. The number of esters is 2. The Morgan fingerprint density at radius 2 is 0.981 bits per heavy atom. The number of carbonyl (C=O) groups excluding carboxylic acids is 2. The molecule has 0 spiro atoms. The fourth-order valence-corrected chi connectivity index (χ4v) is 6.83. The zero-order chi connectivity index (χ0) is 39.5. The van der Waals surface area contributed by atoms with Crippen LogP contribution in [-0.2, 0) is 28.5 Å². The number of allylic oxidation sites excluding steroid dienone is 2. The summed E-state index contributed by atoms with van der Waals surface area (Å²) in [6.07, 6.45) is 29.3. The van der Waals surface area contributed by atoms with Gasteiger partial charge in [0.05, 0.1) is 13.2 Å². The van der Waals surface area contributed by atoms with E-state index in [2.05, 4.69) is 26.0 Å². The molecule has 10 nitrogen and oxygen atoms in total. The summed E-state index contributed by atoms with van der Waals surface area (Å²) < 4.78 is 22.1. The summed E-state index contributed by atoms with van der Waals surface area (Å²) in [5, 5.41) is 40.0. The van der Waals surface area contributed by atoms with Gasteiger partial charge in [-0.2, -0.15) is 0 Å². The van der Waals surface area contributed by atoms with Crippen molar-refractivity contribution in [2.24, 2.45) is 0 Å². The van der Waals surface area contributed by atoms with E-state index < -0.39 is 49.4 Å². The van der Waals surface area contributed by atoms with Crippen LogP contribution in [0.1, 0.15) is 200 Å². The first-order valence-electron chi connectivity index (χ1n) is 22.3. The lowest BCUT2D eigenvalue weighted by Gasteiger charge is -2.39. The van der Waals surface area contributed by atoms with Crippen LogP contribution >= 0.6 is 0 Å². The number of unbranched alkanes of at least 4 members (excludes halogenated alkanes) is 24. The van der Waals surface area contributed by atoms with Gasteiger partial charge in [0.25, 0.3) is 0 Å². The molecular formula is C44H82O10. The van der Waals surface area contributed by atoms with E-state index in [4.69, 9.17) is 18.9 Å². The monoisotopic (exact) mass is 771 g/mol. The third-order valence-electron chi connectivity index (χ3n) is 10.4. The van der Waals surface area contributed by atoms with Crippen molar-refractivity contribution in [1.29, 1.82) is 0 Å². The molecule has 1 aliphatic heterocycles. The number of aliphatic hydroxyl groups excluding tert-OH is 4. The molecule has 0 bridgehead atoms. The summed E-state index contributed by atoms with van der Waals surface area (Å²) in [6, 6.07) is 0. The van der Waals surface area contributed by atoms with Crippen molar-refractivity contribution in [1.82, 2.24) is 0 Å². The van der Waals surface area contributed by atoms with Crippen LogP contribution in [0.5, 0.6) is 0 Å². The van der Waals surface area contributed by atoms with E-state index >= 15 is 0 Å². The molecule has 54 heavy (non-hydrogen) atoms. The highest BCUT2D eigenvalue weighted by Crippen LogP contribution is 2.23. The number of aliphatic hydroxyl groups is 4. The minimum absolute atomic E-state index is 0.214. The molecule has 0 radical (unpaired) electrons. The van der Waals surface area contributed by atoms with Gasteiger partial charge in [0.15, 0.2) is 12.4 Å². The highest BCUT2D eigenvalue weighted by molar-refractivity contribution is 5.70. The van der Waals surface area contributed by atoms with Crippen LogP contribution in [-0.4, -0.2) is 89.0 Å². The maximum Gasteiger partial charge on any atom is 0.306 e. The van der Waals surface area contributed by atoms with Crippen LogP contribution in [0, 0.1) is 0 Å². The van der Waals surface area contributed by atoms with Crippen molar-refractivity contribution in [3.05, 3.63) is 12.2 Å². The molecular weight excluding hydrogens is 688 g/mol. The summed E-state index contributed by atoms with van der Waals surface area (Å²) in [5.74, 6) is -0.816. The van der Waals surface area contributed by atoms with Gasteiger partial charge in [-0.1, -0.05) is 161 Å². The van der Waals surface area contributed by atoms with E-state index in [0.29, 0.717) is 6.42 Å². The molecule has 6 atom stereocenters. The van der Waals surface area contributed by atoms with E-state index in [9.17, 15) is 30.0 Å². The molecule has 0 saturated carbocycles. The number of ether oxygens (including phenoxy) is 4. The van der Waals surface area contributed by atoms with Crippen LogP contribution in [0.25, 0.3) is 0 Å². The lowest BCUT2D eigenvalue weighted by atomic mass is 9.99. The van der Waals surface area contributed by atoms with Gasteiger partial charge in [0, 0.05) is 12.8 Å². The highest BCUT2D eigenvalue weighted by atomic mass is 16.7. The number of hydrogen-bond acceptors (Lipinski definition) is 10. The maximum absolute atomic E-state index is 12.7. The first-order chi connectivity index (χ1) is 26.3. The number of hydrogen-bond donors (Lipinski definition) is 4. The molecule has 10 heteroatoms. The summed E-state index contributed by atoms with van der Waals surface area (Å²) in [6.45, 7) is 3.42. The lowest BCUT2D eigenvalue weighted by Crippen LogP contribution is -2.59. The SMILES string of the molecule is CCCCCCCCCC/C=C/CCCCCC(=O)O[C@@H](COC(=O)CCCCCCCCCCCCCCCC)CO[C@H]1O[C@@H](CO)[C@@H](O)C(O)C1O. The molecule has 4 N–H and O–H groups in total. The molecule has 1 saturated heterocycles. The fourth-order valence-electron chi connectivity index (χ4n) is 6.83. The van der Waals surface area contributed by atoms with Crippen LogP contribution in [0.15, 0.2) is 12.2 Å². The van der Waals surface area contributed by atoms with Crippen molar-refractivity contribution >= 4 is 11.9 Å². The van der Waals surface area contributed by atoms with E-state index in [1.165, 1.54) is 122 Å². The molecule has 0 aromatic rings. The second kappa shape index (κ2) is 35.8. The number of rotatable bonds is 37. The Kier molecular flexibility index (Phi) is 33.5. The summed E-state index contributed by atoms with van der Waals surface area (Å²) in [5.41, 5.74) is 0. The van der Waals surface area contributed by atoms with E-state index in [1.54, 1.807) is 0 Å². The predicted octanol–water partition coefficient (Wildman–Crippen LogP) is 9.17. The minimum Gasteiger partial charge on any atom is -0.462 e. The Morgan fingerprint density at radius 1 is 0.556 bits per heavy atom. The van der Waals surface area contributed by atoms with Crippen LogP contribution in [0.2, 0.25) is 0 Å². The van der Waals surface area contributed by atoms with E-state index in [0.717, 1.165) is 44.9 Å². The molecule has 1 fully saturated rings. The summed E-state index contributed by atoms with van der Waals surface area (Å²) in [7, 11) is 0. The second-order valence-corrected chi connectivity index (χ2v) is 15.5. The molecule has 0 aliphatic carbocycles. The van der Waals surface area contributed by atoms with Crippen molar-refractivity contribution in [2.75, 3.05) is 19.8 Å². The first-order valence-corrected chi connectivity index (χ1v) is 22.3. The van der Waals surface area contributed by atoms with Gasteiger partial charge >= 0.3 is 11.9 Å². The van der Waals surface area contributed by atoms with Gasteiger partial charge in [-0.3, -0.25) is 9.59 Å². The smallest absolute Gasteiger partial charge is 0.306 e. The van der Waals surface area contributed by atoms with Gasteiger partial charge in [0.1, 0.15) is 31.0 Å². The minimum atomic E-state index is -1.59. The highest BCUT2D eigenvalue weighted by Gasteiger charge is 2.44. The topological polar surface area (TPSA) is 152 Å². The zero-order valence-electron chi connectivity index (χ0n) is 34.5. The zero-order valence-corrected chi connectivity index (χ0v) is 34.5. The Hall–Kier alpha value is -1.56. The fraction of sp³-hybridized carbons (Fsp3) is 0.909. The Balaban J connectivity index is 2.34. The van der Waals surface area contributed by atoms with Crippen molar-refractivity contribution < 1.29 is 49.0 Å². The van der Waals surface area contributed by atoms with Crippen LogP contribution in [0.3, 0.4) is 0 Å². The molecule has 1 aliphatic rings. The average Bonchev–Trinajstić information content (AvgIpc) is 3.17. The summed E-state index contributed by atoms with van der Waals surface area (Å²) in [4.78, 5) is 25.3. The predicted molar refractivity (Wildman–Crippen MR) is 215 cm³/mol. The summed E-state index contributed by atoms with van der Waals surface area (Å²) >= 11 is 0. The van der Waals surface area contributed by atoms with Gasteiger partial charge in [-0.15, -0.1) is 0 Å². The van der Waals surface area contributed by atoms with Crippen LogP contribution in [0.4, 0.5) is 0 Å². The van der Waals surface area contributed by atoms with Crippen molar-refractivity contribution in [3.63, 3.8) is 0 Å². The van der Waals surface area contributed by atoms with Crippen molar-refractivity contribution in [3.8, 4) is 0 Å². The van der Waals surface area contributed by atoms with Gasteiger partial charge in [0.2, 0.25) is 0 Å². The Labute approximate surface area is 329 Å². The normalized spacial score (nSPS) is 20.7. The van der Waals surface area contributed by atoms with E-state index in [1.807, 2.05) is 0 Å². The largest absolute Gasteiger partial charge is 0.462 e. The molecule has 318 valence electrons. The first kappa shape index (κ1) is 50.5. The average molecular weight is 771 g/mol. The molecule has 0 amide bonds. The van der Waals surface area contributed by atoms with Gasteiger partial charge in [-0.25, -0.2) is 0 Å². The Bertz CT molecular complexity index is 897. The molecule has 2 unspecified atom stereocenters. The molecule has 1 heterocycles. The molecule has 0 aromatic heterocycles. The molecule has 1 rings (SSSR count). The molecule has 0 aromatic carbocycles. The second-order valence-electron chi connectivity index (χ2n) is 15.5. The lowest BCUT2D eigenvalue weighted by molar-refractivity contribution is -0.305. The van der Waals surface area contributed by atoms with Crippen molar-refractivity contribution in [2.45, 2.75) is 237 Å². The Morgan fingerprint density at radius 3 is 1.46 bits per heavy atom. The quantitative estimate of drug-likeness (QED) is 0.0273. The van der Waals surface area contributed by atoms with E-state index in [-0.39, 0.29) is 32.0 Å². The van der Waals surface area contributed by atoms with Gasteiger partial charge < -0.3 is 39.4 Å². The third-order valence-corrected chi connectivity index (χ3v) is 10.4. The van der Waals surface area contributed by atoms with Crippen LogP contribution < -0.4 is 0 Å².